The SMILES string of the molecule is CCN1CC(OC(=O)C(C)C)C1. The summed E-state index contributed by atoms with van der Waals surface area (Å²) in [5.74, 6) is -0.0728. The number of likely N-dealkylation sites (N-methyl/N-ethyl adjacent to an activating group) is 1. The summed E-state index contributed by atoms with van der Waals surface area (Å²) < 4.78 is 5.20. The van der Waals surface area contributed by atoms with Crippen molar-refractivity contribution in [3.05, 3.63) is 0 Å². The molecule has 0 bridgehead atoms. The maximum absolute atomic E-state index is 11.1. The van der Waals surface area contributed by atoms with Gasteiger partial charge >= 0.3 is 5.97 Å². The Bertz CT molecular complexity index is 162. The molecule has 0 aromatic heterocycles. The van der Waals surface area contributed by atoms with Crippen LogP contribution in [-0.2, 0) is 9.53 Å². The molecule has 0 saturated carbocycles. The van der Waals surface area contributed by atoms with E-state index >= 15 is 0 Å². The number of carbonyl (C=O) groups is 1. The molecule has 0 atom stereocenters. The molecule has 0 unspecified atom stereocenters. The fraction of sp³-hybridized carbons (Fsp3) is 0.889. The highest BCUT2D eigenvalue weighted by Gasteiger charge is 2.28. The van der Waals surface area contributed by atoms with E-state index in [1.54, 1.807) is 0 Å². The quantitative estimate of drug-likeness (QED) is 0.591. The minimum atomic E-state index is -0.0734. The van der Waals surface area contributed by atoms with E-state index in [2.05, 4.69) is 11.8 Å². The largest absolute Gasteiger partial charge is 0.459 e. The van der Waals surface area contributed by atoms with E-state index in [0.717, 1.165) is 19.6 Å². The van der Waals surface area contributed by atoms with E-state index in [1.807, 2.05) is 13.8 Å². The Morgan fingerprint density at radius 2 is 2.17 bits per heavy atom. The van der Waals surface area contributed by atoms with Crippen LogP contribution in [0.4, 0.5) is 0 Å². The third-order valence-corrected chi connectivity index (χ3v) is 2.13. The summed E-state index contributed by atoms with van der Waals surface area (Å²) in [6.45, 7) is 8.71. The fourth-order valence-corrected chi connectivity index (χ4v) is 1.16. The molecule has 0 N–H and O–H groups in total. The lowest BCUT2D eigenvalue weighted by atomic mass is 10.1. The third-order valence-electron chi connectivity index (χ3n) is 2.13. The lowest BCUT2D eigenvalue weighted by Gasteiger charge is -2.37. The van der Waals surface area contributed by atoms with Gasteiger partial charge in [0.2, 0.25) is 0 Å². The summed E-state index contributed by atoms with van der Waals surface area (Å²) in [6.07, 6.45) is 0.153. The second-order valence-corrected chi connectivity index (χ2v) is 3.57. The molecule has 1 saturated heterocycles. The van der Waals surface area contributed by atoms with Crippen molar-refractivity contribution in [3.8, 4) is 0 Å². The Hall–Kier alpha value is -0.570. The first-order valence-corrected chi connectivity index (χ1v) is 4.56. The highest BCUT2D eigenvalue weighted by atomic mass is 16.5. The molecule has 0 radical (unpaired) electrons. The van der Waals surface area contributed by atoms with Crippen LogP contribution in [0.5, 0.6) is 0 Å². The summed E-state index contributed by atoms with van der Waals surface area (Å²) in [5, 5.41) is 0. The molecule has 1 fully saturated rings. The van der Waals surface area contributed by atoms with Crippen molar-refractivity contribution < 1.29 is 9.53 Å². The van der Waals surface area contributed by atoms with Gasteiger partial charge < -0.3 is 4.74 Å². The molecule has 1 rings (SSSR count). The number of likely N-dealkylation sites (tertiary alicyclic amines) is 1. The Labute approximate surface area is 73.7 Å². The highest BCUT2D eigenvalue weighted by molar-refractivity contribution is 5.71. The molecule has 1 heterocycles. The van der Waals surface area contributed by atoms with Crippen LogP contribution in [-0.4, -0.2) is 36.6 Å². The normalized spacial score (nSPS) is 19.3. The van der Waals surface area contributed by atoms with Crippen molar-refractivity contribution in [2.75, 3.05) is 19.6 Å². The molecule has 70 valence electrons. The molecule has 0 amide bonds. The molecule has 1 aliphatic heterocycles. The zero-order valence-electron chi connectivity index (χ0n) is 8.04. The Morgan fingerprint density at radius 1 is 1.58 bits per heavy atom. The van der Waals surface area contributed by atoms with E-state index in [1.165, 1.54) is 0 Å². The average Bonchev–Trinajstić information content (AvgIpc) is 1.94. The zero-order chi connectivity index (χ0) is 9.14. The van der Waals surface area contributed by atoms with Crippen LogP contribution < -0.4 is 0 Å². The van der Waals surface area contributed by atoms with Crippen molar-refractivity contribution >= 4 is 5.97 Å². The second-order valence-electron chi connectivity index (χ2n) is 3.57. The smallest absolute Gasteiger partial charge is 0.308 e. The zero-order valence-corrected chi connectivity index (χ0v) is 8.04. The van der Waals surface area contributed by atoms with Crippen molar-refractivity contribution in [2.24, 2.45) is 5.92 Å². The molecule has 0 aromatic rings. The topological polar surface area (TPSA) is 29.5 Å². The summed E-state index contributed by atoms with van der Waals surface area (Å²) in [4.78, 5) is 13.3. The molecule has 0 spiro atoms. The van der Waals surface area contributed by atoms with Crippen LogP contribution in [0.15, 0.2) is 0 Å². The molecule has 1 aliphatic rings. The standard InChI is InChI=1S/C9H17NO2/c1-4-10-5-8(6-10)12-9(11)7(2)3/h7-8H,4-6H2,1-3H3. The minimum Gasteiger partial charge on any atom is -0.459 e. The van der Waals surface area contributed by atoms with Gasteiger partial charge in [-0.25, -0.2) is 0 Å². The molecule has 0 aromatic carbocycles. The van der Waals surface area contributed by atoms with Crippen LogP contribution in [0.25, 0.3) is 0 Å². The van der Waals surface area contributed by atoms with Crippen molar-refractivity contribution in [1.29, 1.82) is 0 Å². The molecule has 0 aliphatic carbocycles. The van der Waals surface area contributed by atoms with Gasteiger partial charge in [-0.2, -0.15) is 0 Å². The summed E-state index contributed by atoms with van der Waals surface area (Å²) in [6, 6.07) is 0. The predicted octanol–water partition coefficient (Wildman–Crippen LogP) is 0.890. The predicted molar refractivity (Wildman–Crippen MR) is 46.8 cm³/mol. The van der Waals surface area contributed by atoms with Gasteiger partial charge in [0, 0.05) is 13.1 Å². The van der Waals surface area contributed by atoms with Gasteiger partial charge in [0.05, 0.1) is 5.92 Å². The molecule has 12 heavy (non-hydrogen) atoms. The van der Waals surface area contributed by atoms with Gasteiger partial charge in [-0.1, -0.05) is 20.8 Å². The van der Waals surface area contributed by atoms with Crippen LogP contribution in [0.2, 0.25) is 0 Å². The van der Waals surface area contributed by atoms with Gasteiger partial charge in [-0.3, -0.25) is 9.69 Å². The lowest BCUT2D eigenvalue weighted by molar-refractivity contribution is -0.161. The first-order chi connectivity index (χ1) is 5.63. The monoisotopic (exact) mass is 171 g/mol. The van der Waals surface area contributed by atoms with E-state index in [4.69, 9.17) is 4.74 Å². The van der Waals surface area contributed by atoms with Gasteiger partial charge in [0.25, 0.3) is 0 Å². The molecular formula is C9H17NO2. The second kappa shape index (κ2) is 3.90. The van der Waals surface area contributed by atoms with Gasteiger partial charge in [0.1, 0.15) is 6.10 Å². The van der Waals surface area contributed by atoms with Gasteiger partial charge in [-0.15, -0.1) is 0 Å². The average molecular weight is 171 g/mol. The number of esters is 1. The number of hydrogen-bond donors (Lipinski definition) is 0. The van der Waals surface area contributed by atoms with Crippen molar-refractivity contribution in [3.63, 3.8) is 0 Å². The number of nitrogens with zero attached hydrogens (tertiary/aromatic N) is 1. The van der Waals surface area contributed by atoms with Gasteiger partial charge in [0.15, 0.2) is 0 Å². The van der Waals surface area contributed by atoms with Crippen LogP contribution >= 0.6 is 0 Å². The lowest BCUT2D eigenvalue weighted by Crippen LogP contribution is -2.52. The van der Waals surface area contributed by atoms with Crippen molar-refractivity contribution in [2.45, 2.75) is 26.9 Å². The first-order valence-electron chi connectivity index (χ1n) is 4.56. The van der Waals surface area contributed by atoms with E-state index < -0.39 is 0 Å². The van der Waals surface area contributed by atoms with Crippen LogP contribution in [0.3, 0.4) is 0 Å². The number of carbonyl (C=O) groups excluding carboxylic acids is 1. The van der Waals surface area contributed by atoms with E-state index in [9.17, 15) is 4.79 Å². The summed E-state index contributed by atoms with van der Waals surface area (Å²) >= 11 is 0. The van der Waals surface area contributed by atoms with Crippen LogP contribution in [0, 0.1) is 5.92 Å². The number of rotatable bonds is 3. The van der Waals surface area contributed by atoms with Crippen molar-refractivity contribution in [1.82, 2.24) is 4.90 Å². The van der Waals surface area contributed by atoms with Crippen LogP contribution in [0.1, 0.15) is 20.8 Å². The van der Waals surface area contributed by atoms with E-state index in [0.29, 0.717) is 0 Å². The fourth-order valence-electron chi connectivity index (χ4n) is 1.16. The minimum absolute atomic E-state index is 0.000626. The Balaban J connectivity index is 2.14. The third kappa shape index (κ3) is 2.21. The molecular weight excluding hydrogens is 154 g/mol. The molecule has 3 heteroatoms. The van der Waals surface area contributed by atoms with E-state index in [-0.39, 0.29) is 18.0 Å². The first kappa shape index (κ1) is 9.52. The Kier molecular flexibility index (Phi) is 3.09. The summed E-state index contributed by atoms with van der Waals surface area (Å²) in [7, 11) is 0. The number of ether oxygens (including phenoxy) is 1. The molecule has 3 nitrogen and oxygen atoms in total. The summed E-state index contributed by atoms with van der Waals surface area (Å²) in [5.41, 5.74) is 0. The van der Waals surface area contributed by atoms with Gasteiger partial charge in [-0.05, 0) is 6.54 Å². The highest BCUT2D eigenvalue weighted by Crippen LogP contribution is 2.12. The number of hydrogen-bond acceptors (Lipinski definition) is 3. The maximum Gasteiger partial charge on any atom is 0.308 e. The Morgan fingerprint density at radius 3 is 2.58 bits per heavy atom. The maximum atomic E-state index is 11.1.